The van der Waals surface area contributed by atoms with Crippen molar-refractivity contribution in [2.24, 2.45) is 0 Å². The molecule has 1 atom stereocenters. The second-order valence-electron chi connectivity index (χ2n) is 9.57. The van der Waals surface area contributed by atoms with E-state index in [4.69, 9.17) is 9.47 Å². The van der Waals surface area contributed by atoms with Crippen molar-refractivity contribution in [2.75, 3.05) is 26.2 Å². The van der Waals surface area contributed by atoms with Crippen molar-refractivity contribution in [2.45, 2.75) is 58.0 Å². The topological polar surface area (TPSA) is 59.1 Å². The van der Waals surface area contributed by atoms with Gasteiger partial charge in [0.2, 0.25) is 0 Å². The van der Waals surface area contributed by atoms with Gasteiger partial charge in [-0.05, 0) is 62.9 Å². The number of rotatable bonds is 6. The molecule has 2 aromatic rings. The van der Waals surface area contributed by atoms with Crippen LogP contribution in [0.25, 0.3) is 0 Å². The molecule has 2 heterocycles. The summed E-state index contributed by atoms with van der Waals surface area (Å²) < 4.78 is 12.1. The van der Waals surface area contributed by atoms with Gasteiger partial charge in [-0.1, -0.05) is 30.3 Å². The van der Waals surface area contributed by atoms with Crippen molar-refractivity contribution in [1.29, 1.82) is 0 Å². The van der Waals surface area contributed by atoms with Crippen LogP contribution >= 0.6 is 0 Å². The number of hydrogen-bond acceptors (Lipinski definition) is 5. The van der Waals surface area contributed by atoms with E-state index in [1.54, 1.807) is 0 Å². The molecule has 1 unspecified atom stereocenters. The molecule has 6 heteroatoms. The van der Waals surface area contributed by atoms with Gasteiger partial charge in [0.05, 0.1) is 11.7 Å². The second-order valence-corrected chi connectivity index (χ2v) is 9.57. The number of likely N-dealkylation sites (tertiary alicyclic amines) is 1. The van der Waals surface area contributed by atoms with Crippen molar-refractivity contribution < 1.29 is 19.1 Å². The number of carbonyl (C=O) groups excluding carboxylic acids is 2. The van der Waals surface area contributed by atoms with E-state index in [1.165, 1.54) is 5.56 Å². The third-order valence-corrected chi connectivity index (χ3v) is 6.50. The highest BCUT2D eigenvalue weighted by atomic mass is 16.5. The summed E-state index contributed by atoms with van der Waals surface area (Å²) in [5, 5.41) is 0. The Labute approximate surface area is 196 Å². The predicted octanol–water partition coefficient (Wildman–Crippen LogP) is 3.86. The molecule has 2 aromatic carbocycles. The summed E-state index contributed by atoms with van der Waals surface area (Å²) in [7, 11) is 0. The third kappa shape index (κ3) is 5.63. The Hall–Kier alpha value is -2.70. The summed E-state index contributed by atoms with van der Waals surface area (Å²) in [5.41, 5.74) is 2.48. The van der Waals surface area contributed by atoms with E-state index in [1.807, 2.05) is 62.1 Å². The highest BCUT2D eigenvalue weighted by Gasteiger charge is 2.43. The Morgan fingerprint density at radius 3 is 2.55 bits per heavy atom. The number of benzene rings is 2. The van der Waals surface area contributed by atoms with Crippen molar-refractivity contribution in [3.8, 4) is 5.75 Å². The fourth-order valence-corrected chi connectivity index (χ4v) is 4.90. The maximum Gasteiger partial charge on any atom is 0.253 e. The lowest BCUT2D eigenvalue weighted by atomic mass is 9.88. The number of nitrogens with zero attached hydrogens (tertiary/aromatic N) is 2. The van der Waals surface area contributed by atoms with Gasteiger partial charge in [-0.3, -0.25) is 9.69 Å². The molecule has 0 aromatic heterocycles. The third-order valence-electron chi connectivity index (χ3n) is 6.50. The molecule has 2 fully saturated rings. The molecule has 2 saturated heterocycles. The van der Waals surface area contributed by atoms with Crippen molar-refractivity contribution in [1.82, 2.24) is 9.80 Å². The van der Waals surface area contributed by atoms with Gasteiger partial charge >= 0.3 is 0 Å². The van der Waals surface area contributed by atoms with E-state index in [-0.39, 0.29) is 17.6 Å². The monoisotopic (exact) mass is 450 g/mol. The summed E-state index contributed by atoms with van der Waals surface area (Å²) >= 11 is 0. The summed E-state index contributed by atoms with van der Waals surface area (Å²) in [6, 6.07) is 15.9. The molecule has 0 radical (unpaired) electrons. The van der Waals surface area contributed by atoms with Gasteiger partial charge in [0, 0.05) is 38.3 Å². The molecule has 1 spiro atoms. The Bertz CT molecular complexity index is 967. The average molecular weight is 451 g/mol. The lowest BCUT2D eigenvalue weighted by Crippen LogP contribution is -2.60. The minimum atomic E-state index is -0.430. The van der Waals surface area contributed by atoms with Crippen LogP contribution in [-0.2, 0) is 16.1 Å². The van der Waals surface area contributed by atoms with Gasteiger partial charge in [0.15, 0.2) is 0 Å². The van der Waals surface area contributed by atoms with Gasteiger partial charge in [-0.25, -0.2) is 0 Å². The standard InChI is InChI=1S/C27H34N2O4/c1-20(2)32-25-10-9-23(15-21(25)3)26(31)29-13-11-27(12-14-29)19-28(17-24(18-30)33-27)16-22-7-5-4-6-8-22/h4-10,15,18,20,24H,11-14,16-17,19H2,1-3H3. The quantitative estimate of drug-likeness (QED) is 0.626. The highest BCUT2D eigenvalue weighted by molar-refractivity contribution is 5.94. The molecule has 176 valence electrons. The predicted molar refractivity (Wildman–Crippen MR) is 127 cm³/mol. The van der Waals surface area contributed by atoms with Crippen molar-refractivity contribution in [3.63, 3.8) is 0 Å². The Morgan fingerprint density at radius 2 is 1.91 bits per heavy atom. The summed E-state index contributed by atoms with van der Waals surface area (Å²) in [5.74, 6) is 0.848. The molecule has 1 amide bonds. The van der Waals surface area contributed by atoms with Crippen LogP contribution < -0.4 is 4.74 Å². The number of morpholine rings is 1. The molecule has 6 nitrogen and oxygen atoms in total. The summed E-state index contributed by atoms with van der Waals surface area (Å²) in [6.45, 7) is 9.36. The van der Waals surface area contributed by atoms with E-state index < -0.39 is 6.10 Å². The first-order valence-corrected chi connectivity index (χ1v) is 11.8. The molecule has 0 bridgehead atoms. The molecule has 33 heavy (non-hydrogen) atoms. The van der Waals surface area contributed by atoms with Gasteiger partial charge < -0.3 is 19.2 Å². The largest absolute Gasteiger partial charge is 0.491 e. The maximum absolute atomic E-state index is 13.2. The molecule has 0 N–H and O–H groups in total. The van der Waals surface area contributed by atoms with Crippen LogP contribution in [0.2, 0.25) is 0 Å². The summed E-state index contributed by atoms with van der Waals surface area (Å²) in [6.07, 6.45) is 2.03. The van der Waals surface area contributed by atoms with E-state index >= 15 is 0 Å². The number of hydrogen-bond donors (Lipinski definition) is 0. The van der Waals surface area contributed by atoms with E-state index in [9.17, 15) is 9.59 Å². The first kappa shape index (κ1) is 23.5. The number of piperidine rings is 1. The fraction of sp³-hybridized carbons (Fsp3) is 0.481. The van der Waals surface area contributed by atoms with Crippen molar-refractivity contribution >= 4 is 12.2 Å². The molecule has 2 aliphatic heterocycles. The van der Waals surface area contributed by atoms with Crippen LogP contribution in [0.4, 0.5) is 0 Å². The van der Waals surface area contributed by atoms with Gasteiger partial charge in [0.1, 0.15) is 18.1 Å². The van der Waals surface area contributed by atoms with Crippen molar-refractivity contribution in [3.05, 3.63) is 65.2 Å². The van der Waals surface area contributed by atoms with Gasteiger partial charge in [0.25, 0.3) is 5.91 Å². The first-order chi connectivity index (χ1) is 15.9. The second kappa shape index (κ2) is 10.1. The van der Waals surface area contributed by atoms with Crippen LogP contribution in [-0.4, -0.2) is 66.0 Å². The van der Waals surface area contributed by atoms with Crippen LogP contribution in [0.15, 0.2) is 48.5 Å². The van der Waals surface area contributed by atoms with Crippen LogP contribution in [0.5, 0.6) is 5.75 Å². The van der Waals surface area contributed by atoms with Gasteiger partial charge in [-0.15, -0.1) is 0 Å². The molecule has 2 aliphatic rings. The SMILES string of the molecule is Cc1cc(C(=O)N2CCC3(CC2)CN(Cc2ccccc2)CC(C=O)O3)ccc1OC(C)C. The average Bonchev–Trinajstić information content (AvgIpc) is 2.80. The zero-order valence-electron chi connectivity index (χ0n) is 19.8. The maximum atomic E-state index is 13.2. The van der Waals surface area contributed by atoms with Crippen LogP contribution in [0, 0.1) is 6.92 Å². The minimum absolute atomic E-state index is 0.0351. The number of carbonyl (C=O) groups is 2. The lowest BCUT2D eigenvalue weighted by molar-refractivity contribution is -0.175. The molecular weight excluding hydrogens is 416 g/mol. The zero-order valence-corrected chi connectivity index (χ0v) is 19.8. The number of ether oxygens (including phenoxy) is 2. The van der Waals surface area contributed by atoms with E-state index in [0.29, 0.717) is 25.2 Å². The molecule has 0 aliphatic carbocycles. The van der Waals surface area contributed by atoms with Gasteiger partial charge in [-0.2, -0.15) is 0 Å². The number of aryl methyl sites for hydroxylation is 1. The fourth-order valence-electron chi connectivity index (χ4n) is 4.90. The normalized spacial score (nSPS) is 20.7. The molecule has 0 saturated carbocycles. The zero-order chi connectivity index (χ0) is 23.4. The van der Waals surface area contributed by atoms with E-state index in [0.717, 1.165) is 43.5 Å². The minimum Gasteiger partial charge on any atom is -0.491 e. The highest BCUT2D eigenvalue weighted by Crippen LogP contribution is 2.33. The lowest BCUT2D eigenvalue weighted by Gasteiger charge is -2.49. The summed E-state index contributed by atoms with van der Waals surface area (Å²) in [4.78, 5) is 29.0. The number of amides is 1. The van der Waals surface area contributed by atoms with E-state index in [2.05, 4.69) is 17.0 Å². The van der Waals surface area contributed by atoms with Crippen LogP contribution in [0.3, 0.4) is 0 Å². The smallest absolute Gasteiger partial charge is 0.253 e. The Balaban J connectivity index is 1.40. The molecular formula is C27H34N2O4. The first-order valence-electron chi connectivity index (χ1n) is 11.8. The Kier molecular flexibility index (Phi) is 7.15. The number of aldehydes is 1. The molecule has 4 rings (SSSR count). The van der Waals surface area contributed by atoms with Crippen LogP contribution in [0.1, 0.15) is 48.2 Å². The Morgan fingerprint density at radius 1 is 1.18 bits per heavy atom.